The first kappa shape index (κ1) is 15.7. The Morgan fingerprint density at radius 3 is 2.52 bits per heavy atom. The first-order chi connectivity index (χ1) is 11.0. The Morgan fingerprint density at radius 1 is 1.17 bits per heavy atom. The number of carbonyl (C=O) groups is 1. The number of ether oxygens (including phenoxy) is 3. The van der Waals surface area contributed by atoms with E-state index >= 15 is 0 Å². The van der Waals surface area contributed by atoms with Crippen LogP contribution in [0.15, 0.2) is 30.0 Å². The molecule has 1 unspecified atom stereocenters. The summed E-state index contributed by atoms with van der Waals surface area (Å²) in [5.74, 6) is 1.80. The van der Waals surface area contributed by atoms with E-state index in [1.54, 1.807) is 20.3 Å². The minimum Gasteiger partial charge on any atom is -0.493 e. The maximum absolute atomic E-state index is 12.3. The van der Waals surface area contributed by atoms with Crippen molar-refractivity contribution in [2.45, 2.75) is 26.7 Å². The minimum absolute atomic E-state index is 0.0676. The van der Waals surface area contributed by atoms with Crippen LogP contribution in [0.2, 0.25) is 0 Å². The van der Waals surface area contributed by atoms with Crippen molar-refractivity contribution in [3.05, 3.63) is 41.2 Å². The van der Waals surface area contributed by atoms with Gasteiger partial charge in [0.2, 0.25) is 5.78 Å². The van der Waals surface area contributed by atoms with Crippen LogP contribution in [0.25, 0.3) is 5.57 Å². The number of benzene rings is 1. The second kappa shape index (κ2) is 5.76. The van der Waals surface area contributed by atoms with Crippen molar-refractivity contribution in [3.63, 3.8) is 0 Å². The zero-order chi connectivity index (χ0) is 16.6. The van der Waals surface area contributed by atoms with Gasteiger partial charge in [-0.05, 0) is 60.8 Å². The highest BCUT2D eigenvalue weighted by molar-refractivity contribution is 6.10. The van der Waals surface area contributed by atoms with E-state index in [1.807, 2.05) is 25.1 Å². The fraction of sp³-hybridized carbons (Fsp3) is 0.421. The van der Waals surface area contributed by atoms with Crippen molar-refractivity contribution in [1.82, 2.24) is 0 Å². The maximum atomic E-state index is 12.3. The highest BCUT2D eigenvalue weighted by atomic mass is 16.5. The molecule has 23 heavy (non-hydrogen) atoms. The van der Waals surface area contributed by atoms with Gasteiger partial charge in [-0.2, -0.15) is 0 Å². The fourth-order valence-corrected chi connectivity index (χ4v) is 3.44. The standard InChI is InChI=1S/C19H22O4/c1-5-23-18-11-19(2)7-6-12-8-16(21-3)17(22-4)9-13(12)14(19)10-15(18)20/h8-11H,5-7H2,1-4H3. The molecule has 2 aliphatic rings. The monoisotopic (exact) mass is 314 g/mol. The first-order valence-electron chi connectivity index (χ1n) is 7.90. The van der Waals surface area contributed by atoms with Crippen molar-refractivity contribution >= 4 is 11.4 Å². The maximum Gasteiger partial charge on any atom is 0.220 e. The van der Waals surface area contributed by atoms with Gasteiger partial charge < -0.3 is 14.2 Å². The van der Waals surface area contributed by atoms with Gasteiger partial charge in [0, 0.05) is 5.41 Å². The Bertz CT molecular complexity index is 714. The van der Waals surface area contributed by atoms with E-state index in [-0.39, 0.29) is 11.2 Å². The van der Waals surface area contributed by atoms with Gasteiger partial charge in [-0.25, -0.2) is 0 Å². The molecule has 0 heterocycles. The van der Waals surface area contributed by atoms with Crippen LogP contribution in [-0.2, 0) is 16.0 Å². The average molecular weight is 314 g/mol. The van der Waals surface area contributed by atoms with E-state index < -0.39 is 0 Å². The van der Waals surface area contributed by atoms with Crippen LogP contribution in [-0.4, -0.2) is 26.6 Å². The third kappa shape index (κ3) is 2.52. The normalized spacial score (nSPS) is 22.5. The van der Waals surface area contributed by atoms with Crippen LogP contribution in [0.5, 0.6) is 11.5 Å². The van der Waals surface area contributed by atoms with Gasteiger partial charge in [0.1, 0.15) is 0 Å². The molecular formula is C19H22O4. The van der Waals surface area contributed by atoms with Gasteiger partial charge in [-0.1, -0.05) is 6.92 Å². The summed E-state index contributed by atoms with van der Waals surface area (Å²) in [4.78, 5) is 12.3. The zero-order valence-corrected chi connectivity index (χ0v) is 14.1. The topological polar surface area (TPSA) is 44.8 Å². The summed E-state index contributed by atoms with van der Waals surface area (Å²) in [7, 11) is 3.26. The van der Waals surface area contributed by atoms with Gasteiger partial charge >= 0.3 is 0 Å². The summed E-state index contributed by atoms with van der Waals surface area (Å²) < 4.78 is 16.3. The quantitative estimate of drug-likeness (QED) is 0.852. The van der Waals surface area contributed by atoms with Crippen LogP contribution in [0, 0.1) is 5.41 Å². The third-order valence-corrected chi connectivity index (χ3v) is 4.70. The van der Waals surface area contributed by atoms with Gasteiger partial charge in [0.15, 0.2) is 17.3 Å². The minimum atomic E-state index is -0.189. The zero-order valence-electron chi connectivity index (χ0n) is 14.1. The Labute approximate surface area is 136 Å². The van der Waals surface area contributed by atoms with Gasteiger partial charge in [-0.15, -0.1) is 0 Å². The number of allylic oxidation sites excluding steroid dienone is 3. The van der Waals surface area contributed by atoms with Crippen molar-refractivity contribution in [2.24, 2.45) is 5.41 Å². The predicted octanol–water partition coefficient (Wildman–Crippen LogP) is 3.54. The lowest BCUT2D eigenvalue weighted by atomic mass is 9.66. The molecule has 122 valence electrons. The molecule has 0 aliphatic heterocycles. The Balaban J connectivity index is 2.11. The molecule has 0 radical (unpaired) electrons. The van der Waals surface area contributed by atoms with Crippen molar-refractivity contribution < 1.29 is 19.0 Å². The van der Waals surface area contributed by atoms with E-state index in [0.29, 0.717) is 18.1 Å². The van der Waals surface area contributed by atoms with E-state index in [0.717, 1.165) is 29.7 Å². The number of hydrogen-bond donors (Lipinski definition) is 0. The molecule has 1 aromatic carbocycles. The van der Waals surface area contributed by atoms with E-state index in [2.05, 4.69) is 6.92 Å². The lowest BCUT2D eigenvalue weighted by Crippen LogP contribution is -2.28. The second-order valence-corrected chi connectivity index (χ2v) is 6.15. The van der Waals surface area contributed by atoms with Crippen LogP contribution in [0.3, 0.4) is 0 Å². The Kier molecular flexibility index (Phi) is 3.92. The molecule has 0 spiro atoms. The van der Waals surface area contributed by atoms with Gasteiger partial charge in [-0.3, -0.25) is 4.79 Å². The molecule has 0 fully saturated rings. The Hall–Kier alpha value is -2.23. The summed E-state index contributed by atoms with van der Waals surface area (Å²) in [6.45, 7) is 4.55. The molecule has 3 rings (SSSR count). The number of methoxy groups -OCH3 is 2. The van der Waals surface area contributed by atoms with E-state index in [4.69, 9.17) is 14.2 Å². The highest BCUT2D eigenvalue weighted by Crippen LogP contribution is 2.50. The highest BCUT2D eigenvalue weighted by Gasteiger charge is 2.38. The molecule has 0 saturated carbocycles. The van der Waals surface area contributed by atoms with Crippen LogP contribution >= 0.6 is 0 Å². The molecule has 1 atom stereocenters. The molecular weight excluding hydrogens is 292 g/mol. The van der Waals surface area contributed by atoms with Crippen molar-refractivity contribution in [3.8, 4) is 11.5 Å². The van der Waals surface area contributed by atoms with E-state index in [9.17, 15) is 4.79 Å². The first-order valence-corrected chi connectivity index (χ1v) is 7.90. The van der Waals surface area contributed by atoms with Crippen LogP contribution in [0.4, 0.5) is 0 Å². The van der Waals surface area contributed by atoms with Gasteiger partial charge in [0.05, 0.1) is 20.8 Å². The summed E-state index contributed by atoms with van der Waals surface area (Å²) in [6.07, 6.45) is 5.56. The Morgan fingerprint density at radius 2 is 1.87 bits per heavy atom. The third-order valence-electron chi connectivity index (χ3n) is 4.70. The van der Waals surface area contributed by atoms with Gasteiger partial charge in [0.25, 0.3) is 0 Å². The molecule has 0 amide bonds. The largest absolute Gasteiger partial charge is 0.493 e. The molecule has 0 bridgehead atoms. The SMILES string of the molecule is CCOC1=CC2(C)CCc3cc(OC)c(OC)cc3C2=CC1=O. The average Bonchev–Trinajstić information content (AvgIpc) is 2.55. The molecule has 0 saturated heterocycles. The number of hydrogen-bond acceptors (Lipinski definition) is 4. The van der Waals surface area contributed by atoms with E-state index in [1.165, 1.54) is 5.56 Å². The summed E-state index contributed by atoms with van der Waals surface area (Å²) in [5.41, 5.74) is 3.10. The van der Waals surface area contributed by atoms with Crippen LogP contribution in [0.1, 0.15) is 31.4 Å². The number of aryl methyl sites for hydroxylation is 1. The number of rotatable bonds is 4. The molecule has 0 N–H and O–H groups in total. The number of carbonyl (C=O) groups excluding carboxylic acids is 1. The lowest BCUT2D eigenvalue weighted by molar-refractivity contribution is -0.114. The smallest absolute Gasteiger partial charge is 0.220 e. The summed E-state index contributed by atoms with van der Waals surface area (Å²) in [6, 6.07) is 3.99. The van der Waals surface area contributed by atoms with Crippen molar-refractivity contribution in [1.29, 1.82) is 0 Å². The molecule has 1 aromatic rings. The molecule has 0 aromatic heterocycles. The molecule has 4 nitrogen and oxygen atoms in total. The summed E-state index contributed by atoms with van der Waals surface area (Å²) in [5, 5.41) is 0. The predicted molar refractivity (Wildman–Crippen MR) is 88.7 cm³/mol. The summed E-state index contributed by atoms with van der Waals surface area (Å²) >= 11 is 0. The molecule has 2 aliphatic carbocycles. The molecule has 4 heteroatoms. The lowest BCUT2D eigenvalue weighted by Gasteiger charge is -2.38. The van der Waals surface area contributed by atoms with Crippen LogP contribution < -0.4 is 9.47 Å². The second-order valence-electron chi connectivity index (χ2n) is 6.15. The number of ketones is 1. The fourth-order valence-electron chi connectivity index (χ4n) is 3.44. The van der Waals surface area contributed by atoms with Crippen molar-refractivity contribution in [2.75, 3.05) is 20.8 Å². The number of fused-ring (bicyclic) bond motifs is 3.